The number of hydrogen-bond donors (Lipinski definition) is 0. The predicted octanol–water partition coefficient (Wildman–Crippen LogP) is 2.17. The van der Waals surface area contributed by atoms with Crippen LogP contribution in [0.5, 0.6) is 5.75 Å². The maximum absolute atomic E-state index is 13.0. The average Bonchev–Trinajstić information content (AvgIpc) is 3.03. The number of aromatic nitrogens is 1. The van der Waals surface area contributed by atoms with E-state index in [1.807, 2.05) is 22.9 Å². The van der Waals surface area contributed by atoms with Crippen LogP contribution in [0.25, 0.3) is 0 Å². The molecule has 0 N–H and O–H groups in total. The second-order valence-electron chi connectivity index (χ2n) is 5.51. The first kappa shape index (κ1) is 16.5. The zero-order valence-corrected chi connectivity index (χ0v) is 14.1. The van der Waals surface area contributed by atoms with Gasteiger partial charge in [-0.3, -0.25) is 10.1 Å². The molecule has 0 unspecified atom stereocenters. The Bertz CT molecular complexity index is 890. The van der Waals surface area contributed by atoms with Crippen molar-refractivity contribution in [2.75, 3.05) is 13.7 Å². The van der Waals surface area contributed by atoms with E-state index >= 15 is 0 Å². The molecule has 0 amide bonds. The number of methoxy groups -OCH3 is 1. The van der Waals surface area contributed by atoms with E-state index in [9.17, 15) is 18.5 Å². The van der Waals surface area contributed by atoms with Crippen molar-refractivity contribution in [2.45, 2.75) is 24.4 Å². The van der Waals surface area contributed by atoms with Gasteiger partial charge in [-0.2, -0.15) is 4.31 Å². The molecule has 1 aliphatic rings. The fourth-order valence-electron chi connectivity index (χ4n) is 2.99. The predicted molar refractivity (Wildman–Crippen MR) is 86.4 cm³/mol. The molecule has 1 aromatic heterocycles. The highest BCUT2D eigenvalue weighted by Crippen LogP contribution is 2.34. The van der Waals surface area contributed by atoms with Crippen LogP contribution in [0.2, 0.25) is 0 Å². The number of nitrogens with zero attached hydrogens (tertiary/aromatic N) is 3. The van der Waals surface area contributed by atoms with Gasteiger partial charge in [0.1, 0.15) is 0 Å². The molecule has 1 aromatic carbocycles. The molecule has 2 heterocycles. The molecule has 24 heavy (non-hydrogen) atoms. The minimum Gasteiger partial charge on any atom is -0.490 e. The van der Waals surface area contributed by atoms with Crippen LogP contribution in [0, 0.1) is 10.1 Å². The van der Waals surface area contributed by atoms with Gasteiger partial charge < -0.3 is 9.30 Å². The lowest BCUT2D eigenvalue weighted by Gasteiger charge is -2.33. The maximum atomic E-state index is 13.0. The van der Waals surface area contributed by atoms with E-state index in [0.29, 0.717) is 13.1 Å². The van der Waals surface area contributed by atoms with E-state index in [-0.39, 0.29) is 22.4 Å². The Balaban J connectivity index is 2.03. The van der Waals surface area contributed by atoms with Crippen LogP contribution in [0.1, 0.15) is 18.7 Å². The van der Waals surface area contributed by atoms with E-state index in [2.05, 4.69) is 0 Å². The molecular weight excluding hydrogens is 334 g/mol. The minimum absolute atomic E-state index is 0.0273. The van der Waals surface area contributed by atoms with Crippen molar-refractivity contribution >= 4 is 15.7 Å². The Morgan fingerprint density at radius 2 is 2.04 bits per heavy atom. The summed E-state index contributed by atoms with van der Waals surface area (Å²) in [5, 5.41) is 11.1. The third-order valence-electron chi connectivity index (χ3n) is 4.24. The van der Waals surface area contributed by atoms with Crippen LogP contribution in [0.15, 0.2) is 41.4 Å². The van der Waals surface area contributed by atoms with Gasteiger partial charge in [-0.15, -0.1) is 0 Å². The molecule has 128 valence electrons. The quantitative estimate of drug-likeness (QED) is 0.621. The molecule has 1 atom stereocenters. The summed E-state index contributed by atoms with van der Waals surface area (Å²) in [6.45, 7) is 2.66. The van der Waals surface area contributed by atoms with Gasteiger partial charge in [0.05, 0.1) is 23.0 Å². The van der Waals surface area contributed by atoms with E-state index in [1.54, 1.807) is 6.92 Å². The molecule has 0 saturated carbocycles. The highest BCUT2D eigenvalue weighted by Gasteiger charge is 2.35. The van der Waals surface area contributed by atoms with Gasteiger partial charge in [0.2, 0.25) is 10.0 Å². The first-order valence-corrected chi connectivity index (χ1v) is 8.79. The molecular formula is C15H17N3O5S. The molecule has 9 heteroatoms. The fourth-order valence-corrected chi connectivity index (χ4v) is 4.61. The van der Waals surface area contributed by atoms with Gasteiger partial charge in [0, 0.05) is 31.0 Å². The Labute approximate surface area is 139 Å². The number of ether oxygens (including phenoxy) is 1. The van der Waals surface area contributed by atoms with Crippen molar-refractivity contribution in [3.63, 3.8) is 0 Å². The zero-order valence-electron chi connectivity index (χ0n) is 13.2. The van der Waals surface area contributed by atoms with Crippen LogP contribution in [-0.4, -0.2) is 35.9 Å². The number of sulfonamides is 1. The second kappa shape index (κ2) is 5.91. The molecule has 0 fully saturated rings. The van der Waals surface area contributed by atoms with Gasteiger partial charge in [0.25, 0.3) is 0 Å². The summed E-state index contributed by atoms with van der Waals surface area (Å²) in [6.07, 6.45) is 1.91. The van der Waals surface area contributed by atoms with Gasteiger partial charge in [0.15, 0.2) is 5.75 Å². The first-order valence-electron chi connectivity index (χ1n) is 7.35. The molecule has 0 saturated heterocycles. The van der Waals surface area contributed by atoms with Crippen LogP contribution in [0.3, 0.4) is 0 Å². The van der Waals surface area contributed by atoms with Crippen LogP contribution < -0.4 is 4.74 Å². The number of benzene rings is 1. The van der Waals surface area contributed by atoms with E-state index in [0.717, 1.165) is 11.8 Å². The summed E-state index contributed by atoms with van der Waals surface area (Å²) < 4.78 is 34.2. The van der Waals surface area contributed by atoms with E-state index < -0.39 is 14.9 Å². The number of fused-ring (bicyclic) bond motifs is 1. The lowest BCUT2D eigenvalue weighted by molar-refractivity contribution is -0.386. The topological polar surface area (TPSA) is 94.7 Å². The molecule has 8 nitrogen and oxygen atoms in total. The van der Waals surface area contributed by atoms with Crippen molar-refractivity contribution in [1.29, 1.82) is 0 Å². The maximum Gasteiger partial charge on any atom is 0.312 e. The second-order valence-corrected chi connectivity index (χ2v) is 7.40. The smallest absolute Gasteiger partial charge is 0.312 e. The van der Waals surface area contributed by atoms with Crippen molar-refractivity contribution < 1.29 is 18.1 Å². The molecule has 1 aliphatic heterocycles. The highest BCUT2D eigenvalue weighted by molar-refractivity contribution is 7.89. The van der Waals surface area contributed by atoms with Crippen LogP contribution in [-0.2, 0) is 16.6 Å². The molecule has 2 aromatic rings. The highest BCUT2D eigenvalue weighted by atomic mass is 32.2. The summed E-state index contributed by atoms with van der Waals surface area (Å²) in [5.41, 5.74) is 0.527. The normalized spacial score (nSPS) is 18.2. The van der Waals surface area contributed by atoms with Crippen LogP contribution in [0.4, 0.5) is 5.69 Å². The number of nitro benzene ring substituents is 1. The third-order valence-corrected chi connectivity index (χ3v) is 6.21. The summed E-state index contributed by atoms with van der Waals surface area (Å²) in [6, 6.07) is 7.10. The minimum atomic E-state index is -3.85. The average molecular weight is 351 g/mol. The van der Waals surface area contributed by atoms with Crippen molar-refractivity contribution in [2.24, 2.45) is 0 Å². The van der Waals surface area contributed by atoms with Gasteiger partial charge in [-0.1, -0.05) is 0 Å². The largest absolute Gasteiger partial charge is 0.490 e. The summed E-state index contributed by atoms with van der Waals surface area (Å²) in [5.74, 6) is 0.0273. The standard InChI is InChI=1S/C15H17N3O5S/c1-11-13-4-3-7-16(13)8-9-17(11)24(21,22)12-5-6-15(23-2)14(10-12)18(19)20/h3-7,10-11H,8-9H2,1-2H3/t11-/m0/s1. The third kappa shape index (κ3) is 2.55. The Morgan fingerprint density at radius 1 is 1.29 bits per heavy atom. The fraction of sp³-hybridized carbons (Fsp3) is 0.333. The lowest BCUT2D eigenvalue weighted by Crippen LogP contribution is -2.40. The SMILES string of the molecule is COc1ccc(S(=O)(=O)N2CCn3cccc3[C@@H]2C)cc1[N+](=O)[O-]. The summed E-state index contributed by atoms with van der Waals surface area (Å²) in [4.78, 5) is 10.4. The van der Waals surface area contributed by atoms with Gasteiger partial charge >= 0.3 is 5.69 Å². The molecule has 3 rings (SSSR count). The molecule has 0 aliphatic carbocycles. The number of rotatable bonds is 4. The molecule has 0 radical (unpaired) electrons. The lowest BCUT2D eigenvalue weighted by atomic mass is 10.2. The van der Waals surface area contributed by atoms with Crippen molar-refractivity contribution in [3.05, 3.63) is 52.3 Å². The molecule has 0 bridgehead atoms. The summed E-state index contributed by atoms with van der Waals surface area (Å²) >= 11 is 0. The first-order chi connectivity index (χ1) is 11.4. The van der Waals surface area contributed by atoms with E-state index in [4.69, 9.17) is 4.74 Å². The number of nitro groups is 1. The molecule has 0 spiro atoms. The van der Waals surface area contributed by atoms with Crippen LogP contribution >= 0.6 is 0 Å². The Kier molecular flexibility index (Phi) is 4.06. The van der Waals surface area contributed by atoms with E-state index in [1.165, 1.54) is 23.5 Å². The van der Waals surface area contributed by atoms with Crippen molar-refractivity contribution in [1.82, 2.24) is 8.87 Å². The van der Waals surface area contributed by atoms with Crippen molar-refractivity contribution in [3.8, 4) is 5.75 Å². The van der Waals surface area contributed by atoms with Gasteiger partial charge in [-0.25, -0.2) is 8.42 Å². The summed E-state index contributed by atoms with van der Waals surface area (Å²) in [7, 11) is -2.55. The number of hydrogen-bond acceptors (Lipinski definition) is 5. The zero-order chi connectivity index (χ0) is 17.5. The Morgan fingerprint density at radius 3 is 2.71 bits per heavy atom. The van der Waals surface area contributed by atoms with Gasteiger partial charge in [-0.05, 0) is 31.2 Å². The Hall–Kier alpha value is -2.39. The monoisotopic (exact) mass is 351 g/mol.